The zero-order valence-electron chi connectivity index (χ0n) is 9.34. The van der Waals surface area contributed by atoms with Gasteiger partial charge < -0.3 is 5.32 Å². The number of aromatic nitrogens is 1. The highest BCUT2D eigenvalue weighted by Gasteiger charge is 2.28. The van der Waals surface area contributed by atoms with Crippen molar-refractivity contribution < 1.29 is 14.4 Å². The quantitative estimate of drug-likeness (QED) is 0.267. The summed E-state index contributed by atoms with van der Waals surface area (Å²) in [4.78, 5) is 38.9. The van der Waals surface area contributed by atoms with Crippen LogP contribution in [0.2, 0.25) is 0 Å². The summed E-state index contributed by atoms with van der Waals surface area (Å²) in [6.45, 7) is 0.0850. The molecule has 0 saturated carbocycles. The Morgan fingerprint density at radius 1 is 1.50 bits per heavy atom. The third-order valence-electron chi connectivity index (χ3n) is 2.48. The minimum Gasteiger partial charge on any atom is -0.329 e. The van der Waals surface area contributed by atoms with Crippen LogP contribution >= 0.6 is 0 Å². The molecule has 1 aromatic rings. The van der Waals surface area contributed by atoms with Crippen molar-refractivity contribution in [2.24, 2.45) is 5.84 Å². The average molecular weight is 249 g/mol. The van der Waals surface area contributed by atoms with Gasteiger partial charge in [0.15, 0.2) is 0 Å². The van der Waals surface area contributed by atoms with E-state index in [9.17, 15) is 14.4 Å². The van der Waals surface area contributed by atoms with Gasteiger partial charge in [-0.15, -0.1) is 0 Å². The predicted octanol–water partition coefficient (Wildman–Crippen LogP) is -1.26. The number of carbonyl (C=O) groups is 3. The maximum Gasteiger partial charge on any atom is 0.324 e. The third kappa shape index (κ3) is 2.28. The van der Waals surface area contributed by atoms with Gasteiger partial charge in [0.2, 0.25) is 5.91 Å². The SMILES string of the molecule is NNC(=O)c1ccc(CN2C(=O)CNC2=O)nc1. The summed E-state index contributed by atoms with van der Waals surface area (Å²) >= 11 is 0. The number of hydrogen-bond donors (Lipinski definition) is 3. The molecule has 1 aromatic heterocycles. The molecule has 4 amide bonds. The van der Waals surface area contributed by atoms with Gasteiger partial charge in [-0.3, -0.25) is 24.9 Å². The predicted molar refractivity (Wildman–Crippen MR) is 59.8 cm³/mol. The van der Waals surface area contributed by atoms with E-state index in [1.54, 1.807) is 6.07 Å². The normalized spacial score (nSPS) is 14.6. The number of nitrogen functional groups attached to an aromatic ring is 1. The molecule has 8 nitrogen and oxygen atoms in total. The summed E-state index contributed by atoms with van der Waals surface area (Å²) in [5.41, 5.74) is 2.79. The first-order valence-corrected chi connectivity index (χ1v) is 5.16. The number of nitrogens with zero attached hydrogens (tertiary/aromatic N) is 2. The van der Waals surface area contributed by atoms with E-state index in [-0.39, 0.29) is 19.0 Å². The number of imide groups is 1. The fraction of sp³-hybridized carbons (Fsp3) is 0.200. The molecule has 1 saturated heterocycles. The van der Waals surface area contributed by atoms with E-state index in [1.807, 2.05) is 5.43 Å². The van der Waals surface area contributed by atoms with Crippen molar-refractivity contribution >= 4 is 17.8 Å². The Labute approximate surface area is 102 Å². The highest BCUT2D eigenvalue weighted by Crippen LogP contribution is 2.07. The Balaban J connectivity index is 2.09. The minimum absolute atomic E-state index is 0.00644. The van der Waals surface area contributed by atoms with Crippen molar-refractivity contribution in [1.82, 2.24) is 20.6 Å². The number of amides is 4. The van der Waals surface area contributed by atoms with E-state index >= 15 is 0 Å². The van der Waals surface area contributed by atoms with Gasteiger partial charge in [0.1, 0.15) is 0 Å². The lowest BCUT2D eigenvalue weighted by molar-refractivity contribution is -0.125. The molecule has 1 aliphatic rings. The molecule has 1 aliphatic heterocycles. The van der Waals surface area contributed by atoms with E-state index in [2.05, 4.69) is 10.3 Å². The number of hydrazine groups is 1. The summed E-state index contributed by atoms with van der Waals surface area (Å²) in [5, 5.41) is 2.41. The number of nitrogens with two attached hydrogens (primary N) is 1. The first-order chi connectivity index (χ1) is 8.61. The molecule has 0 bridgehead atoms. The second kappa shape index (κ2) is 4.80. The van der Waals surface area contributed by atoms with Crippen molar-refractivity contribution in [2.45, 2.75) is 6.54 Å². The van der Waals surface area contributed by atoms with Gasteiger partial charge in [0, 0.05) is 6.20 Å². The van der Waals surface area contributed by atoms with Crippen molar-refractivity contribution in [1.29, 1.82) is 0 Å². The van der Waals surface area contributed by atoms with Crippen LogP contribution in [0.15, 0.2) is 18.3 Å². The molecule has 18 heavy (non-hydrogen) atoms. The van der Waals surface area contributed by atoms with Gasteiger partial charge >= 0.3 is 6.03 Å². The number of pyridine rings is 1. The van der Waals surface area contributed by atoms with Gasteiger partial charge in [-0.25, -0.2) is 10.6 Å². The molecular formula is C10H11N5O3. The molecule has 0 aromatic carbocycles. The molecule has 2 heterocycles. The standard InChI is InChI=1S/C10H11N5O3/c11-14-9(17)6-1-2-7(12-3-6)5-15-8(16)4-13-10(15)18/h1-3H,4-5,11H2,(H,13,18)(H,14,17). The molecule has 0 radical (unpaired) electrons. The lowest BCUT2D eigenvalue weighted by Crippen LogP contribution is -2.31. The van der Waals surface area contributed by atoms with E-state index in [0.717, 1.165) is 4.90 Å². The second-order valence-corrected chi connectivity index (χ2v) is 3.65. The fourth-order valence-electron chi connectivity index (χ4n) is 1.51. The zero-order chi connectivity index (χ0) is 13.1. The third-order valence-corrected chi connectivity index (χ3v) is 2.48. The van der Waals surface area contributed by atoms with Crippen molar-refractivity contribution in [3.63, 3.8) is 0 Å². The lowest BCUT2D eigenvalue weighted by atomic mass is 10.2. The first kappa shape index (κ1) is 12.0. The van der Waals surface area contributed by atoms with Crippen LogP contribution in [0.3, 0.4) is 0 Å². The van der Waals surface area contributed by atoms with E-state index in [4.69, 9.17) is 5.84 Å². The van der Waals surface area contributed by atoms with E-state index < -0.39 is 11.9 Å². The molecule has 0 spiro atoms. The van der Waals surface area contributed by atoms with Gasteiger partial charge in [-0.1, -0.05) is 0 Å². The van der Waals surface area contributed by atoms with Gasteiger partial charge in [0.25, 0.3) is 5.91 Å². The number of urea groups is 1. The molecule has 94 valence electrons. The molecule has 0 unspecified atom stereocenters. The van der Waals surface area contributed by atoms with Crippen LogP contribution in [0.4, 0.5) is 4.79 Å². The summed E-state index contributed by atoms with van der Waals surface area (Å²) in [6, 6.07) is 2.64. The largest absolute Gasteiger partial charge is 0.329 e. The zero-order valence-corrected chi connectivity index (χ0v) is 9.34. The lowest BCUT2D eigenvalue weighted by Gasteiger charge is -2.11. The number of carbonyl (C=O) groups excluding carboxylic acids is 3. The highest BCUT2D eigenvalue weighted by atomic mass is 16.2. The van der Waals surface area contributed by atoms with Crippen LogP contribution in [0.25, 0.3) is 0 Å². The van der Waals surface area contributed by atoms with Crippen LogP contribution in [0.5, 0.6) is 0 Å². The molecular weight excluding hydrogens is 238 g/mol. The van der Waals surface area contributed by atoms with Crippen LogP contribution in [0.1, 0.15) is 16.1 Å². The fourth-order valence-corrected chi connectivity index (χ4v) is 1.51. The smallest absolute Gasteiger partial charge is 0.324 e. The van der Waals surface area contributed by atoms with Crippen LogP contribution < -0.4 is 16.6 Å². The van der Waals surface area contributed by atoms with Crippen molar-refractivity contribution in [2.75, 3.05) is 6.54 Å². The minimum atomic E-state index is -0.455. The Morgan fingerprint density at radius 3 is 2.78 bits per heavy atom. The summed E-state index contributed by atoms with van der Waals surface area (Å²) < 4.78 is 0. The summed E-state index contributed by atoms with van der Waals surface area (Å²) in [6.07, 6.45) is 1.33. The van der Waals surface area contributed by atoms with Gasteiger partial charge in [-0.2, -0.15) is 0 Å². The Morgan fingerprint density at radius 2 is 2.28 bits per heavy atom. The van der Waals surface area contributed by atoms with Gasteiger partial charge in [0.05, 0.1) is 24.3 Å². The maximum absolute atomic E-state index is 11.3. The van der Waals surface area contributed by atoms with Crippen molar-refractivity contribution in [3.8, 4) is 0 Å². The average Bonchev–Trinajstić information content (AvgIpc) is 2.70. The van der Waals surface area contributed by atoms with Crippen LogP contribution in [-0.2, 0) is 11.3 Å². The Kier molecular flexibility index (Phi) is 3.20. The van der Waals surface area contributed by atoms with Gasteiger partial charge in [-0.05, 0) is 12.1 Å². The molecule has 4 N–H and O–H groups in total. The second-order valence-electron chi connectivity index (χ2n) is 3.65. The highest BCUT2D eigenvalue weighted by molar-refractivity contribution is 6.01. The Hall–Kier alpha value is -2.48. The van der Waals surface area contributed by atoms with Crippen LogP contribution in [-0.4, -0.2) is 34.3 Å². The number of nitrogens with one attached hydrogen (secondary N) is 2. The number of hydrogen-bond acceptors (Lipinski definition) is 5. The van der Waals surface area contributed by atoms with Crippen molar-refractivity contribution in [3.05, 3.63) is 29.6 Å². The Bertz CT molecular complexity index is 483. The molecule has 8 heteroatoms. The first-order valence-electron chi connectivity index (χ1n) is 5.16. The monoisotopic (exact) mass is 249 g/mol. The summed E-state index contributed by atoms with van der Waals surface area (Å²) in [7, 11) is 0. The molecule has 0 atom stereocenters. The summed E-state index contributed by atoms with van der Waals surface area (Å²) in [5.74, 6) is 4.22. The van der Waals surface area contributed by atoms with Crippen LogP contribution in [0, 0.1) is 0 Å². The topological polar surface area (TPSA) is 117 Å². The number of rotatable bonds is 3. The molecule has 0 aliphatic carbocycles. The maximum atomic E-state index is 11.3. The molecule has 1 fully saturated rings. The van der Waals surface area contributed by atoms with E-state index in [1.165, 1.54) is 12.3 Å². The van der Waals surface area contributed by atoms with E-state index in [0.29, 0.717) is 11.3 Å². The molecule has 2 rings (SSSR count).